The summed E-state index contributed by atoms with van der Waals surface area (Å²) >= 11 is 0. The van der Waals surface area contributed by atoms with Gasteiger partial charge in [-0.15, -0.1) is 0 Å². The molecule has 0 aliphatic carbocycles. The molecular weight excluding hydrogens is 454 g/mol. The van der Waals surface area contributed by atoms with Gasteiger partial charge >= 0.3 is 0 Å². The zero-order valence-electron chi connectivity index (χ0n) is 19.9. The molecule has 1 amide bonds. The number of methoxy groups -OCH3 is 2. The Morgan fingerprint density at radius 2 is 1.53 bits per heavy atom. The minimum absolute atomic E-state index is 0.214. The van der Waals surface area contributed by atoms with Crippen molar-refractivity contribution < 1.29 is 22.7 Å². The number of hydrogen-bond donors (Lipinski definition) is 1. The van der Waals surface area contributed by atoms with Crippen molar-refractivity contribution in [1.29, 1.82) is 0 Å². The van der Waals surface area contributed by atoms with Crippen LogP contribution in [0.25, 0.3) is 0 Å². The number of sulfonamides is 1. The molecule has 9 heteroatoms. The van der Waals surface area contributed by atoms with Crippen molar-refractivity contribution in [2.24, 2.45) is 0 Å². The van der Waals surface area contributed by atoms with Gasteiger partial charge < -0.3 is 19.7 Å². The lowest BCUT2D eigenvalue weighted by molar-refractivity contribution is 0.102. The van der Waals surface area contributed by atoms with Gasteiger partial charge in [0.25, 0.3) is 5.91 Å². The fourth-order valence-corrected chi connectivity index (χ4v) is 6.35. The summed E-state index contributed by atoms with van der Waals surface area (Å²) in [6.45, 7) is 2.66. The van der Waals surface area contributed by atoms with Gasteiger partial charge in [-0.05, 0) is 62.4 Å². The molecule has 2 fully saturated rings. The number of carbonyl (C=O) groups is 1. The van der Waals surface area contributed by atoms with Crippen LogP contribution < -0.4 is 19.7 Å². The van der Waals surface area contributed by atoms with Crippen molar-refractivity contribution in [1.82, 2.24) is 4.31 Å². The minimum Gasteiger partial charge on any atom is -0.497 e. The molecule has 0 radical (unpaired) electrons. The molecule has 0 atom stereocenters. The smallest absolute Gasteiger partial charge is 0.255 e. The lowest BCUT2D eigenvalue weighted by atomic mass is 10.1. The number of rotatable bonds is 7. The topological polar surface area (TPSA) is 88.2 Å². The molecule has 184 valence electrons. The molecular formula is C25H33N3O5S. The van der Waals surface area contributed by atoms with Crippen LogP contribution in [0.1, 0.15) is 48.9 Å². The molecule has 2 aromatic carbocycles. The van der Waals surface area contributed by atoms with Crippen molar-refractivity contribution in [3.63, 3.8) is 0 Å². The Kier molecular flexibility index (Phi) is 7.63. The Morgan fingerprint density at radius 3 is 2.18 bits per heavy atom. The third kappa shape index (κ3) is 5.15. The Bertz CT molecular complexity index is 1120. The maximum atomic E-state index is 13.7. The highest BCUT2D eigenvalue weighted by atomic mass is 32.2. The number of ether oxygens (including phenoxy) is 2. The van der Waals surface area contributed by atoms with Crippen LogP contribution in [-0.2, 0) is 10.0 Å². The van der Waals surface area contributed by atoms with E-state index in [9.17, 15) is 13.2 Å². The standard InChI is InChI=1S/C25H33N3O5S/c1-32-20-10-11-21(23(18-20)33-2)26-25(29)19-9-12-22(27-13-5-3-6-14-27)24(17-19)34(30,31)28-15-7-4-8-16-28/h9-12,17-18H,3-8,13-16H2,1-2H3,(H,26,29). The van der Waals surface area contributed by atoms with Crippen LogP contribution in [0.5, 0.6) is 11.5 Å². The average Bonchev–Trinajstić information content (AvgIpc) is 2.89. The maximum Gasteiger partial charge on any atom is 0.255 e. The lowest BCUT2D eigenvalue weighted by Crippen LogP contribution is -2.37. The third-order valence-corrected chi connectivity index (χ3v) is 8.44. The average molecular weight is 488 g/mol. The number of carbonyl (C=O) groups excluding carboxylic acids is 1. The van der Waals surface area contributed by atoms with E-state index >= 15 is 0 Å². The van der Waals surface area contributed by atoms with Gasteiger partial charge in [0.15, 0.2) is 0 Å². The van der Waals surface area contributed by atoms with Gasteiger partial charge in [-0.2, -0.15) is 4.31 Å². The molecule has 0 bridgehead atoms. The number of amides is 1. The molecule has 0 aromatic heterocycles. The Morgan fingerprint density at radius 1 is 0.853 bits per heavy atom. The first-order valence-corrected chi connectivity index (χ1v) is 13.3. The van der Waals surface area contributed by atoms with E-state index < -0.39 is 15.9 Å². The van der Waals surface area contributed by atoms with Crippen LogP contribution in [-0.4, -0.2) is 59.0 Å². The van der Waals surface area contributed by atoms with Crippen molar-refractivity contribution in [2.75, 3.05) is 50.6 Å². The summed E-state index contributed by atoms with van der Waals surface area (Å²) in [5.41, 5.74) is 1.45. The molecule has 2 aliphatic heterocycles. The summed E-state index contributed by atoms with van der Waals surface area (Å²) in [6, 6.07) is 10.1. The quantitative estimate of drug-likeness (QED) is 0.632. The number of nitrogens with zero attached hydrogens (tertiary/aromatic N) is 2. The molecule has 34 heavy (non-hydrogen) atoms. The van der Waals surface area contributed by atoms with Gasteiger partial charge in [-0.1, -0.05) is 6.42 Å². The van der Waals surface area contributed by atoms with Crippen molar-refractivity contribution in [3.05, 3.63) is 42.0 Å². The monoisotopic (exact) mass is 487 g/mol. The van der Waals surface area contributed by atoms with Crippen LogP contribution in [0.15, 0.2) is 41.3 Å². The number of anilines is 2. The van der Waals surface area contributed by atoms with E-state index in [2.05, 4.69) is 10.2 Å². The second-order valence-corrected chi connectivity index (χ2v) is 10.6. The number of benzene rings is 2. The van der Waals surface area contributed by atoms with Crippen molar-refractivity contribution in [2.45, 2.75) is 43.4 Å². The first-order valence-electron chi connectivity index (χ1n) is 11.9. The largest absolute Gasteiger partial charge is 0.497 e. The summed E-state index contributed by atoms with van der Waals surface area (Å²) in [6.07, 6.45) is 5.96. The van der Waals surface area contributed by atoms with E-state index in [1.807, 2.05) is 0 Å². The summed E-state index contributed by atoms with van der Waals surface area (Å²) in [7, 11) is -0.650. The zero-order valence-corrected chi connectivity index (χ0v) is 20.7. The van der Waals surface area contributed by atoms with Gasteiger partial charge in [-0.3, -0.25) is 4.79 Å². The molecule has 2 saturated heterocycles. The predicted molar refractivity (Wildman–Crippen MR) is 133 cm³/mol. The Labute approximate surface area is 201 Å². The SMILES string of the molecule is COc1ccc(NC(=O)c2ccc(N3CCCCC3)c(S(=O)(=O)N3CCCCC3)c2)c(OC)c1. The van der Waals surface area contributed by atoms with E-state index in [1.54, 1.807) is 41.7 Å². The molecule has 2 aliphatic rings. The second kappa shape index (κ2) is 10.7. The summed E-state index contributed by atoms with van der Waals surface area (Å²) in [4.78, 5) is 15.5. The van der Waals surface area contributed by atoms with Gasteiger partial charge in [0.2, 0.25) is 10.0 Å². The normalized spacial score (nSPS) is 17.3. The second-order valence-electron chi connectivity index (χ2n) is 8.72. The third-order valence-electron chi connectivity index (χ3n) is 6.51. The first-order chi connectivity index (χ1) is 16.4. The van der Waals surface area contributed by atoms with E-state index in [0.29, 0.717) is 36.0 Å². The van der Waals surface area contributed by atoms with E-state index in [-0.39, 0.29) is 10.5 Å². The first kappa shape index (κ1) is 24.3. The Balaban J connectivity index is 1.68. The minimum atomic E-state index is -3.72. The van der Waals surface area contributed by atoms with Gasteiger partial charge in [-0.25, -0.2) is 8.42 Å². The number of piperidine rings is 2. The maximum absolute atomic E-state index is 13.7. The van der Waals surface area contributed by atoms with Crippen molar-refractivity contribution >= 4 is 27.3 Å². The van der Waals surface area contributed by atoms with E-state index in [4.69, 9.17) is 9.47 Å². The van der Waals surface area contributed by atoms with E-state index in [0.717, 1.165) is 51.6 Å². The van der Waals surface area contributed by atoms with Crippen LogP contribution in [0.2, 0.25) is 0 Å². The predicted octanol–water partition coefficient (Wildman–Crippen LogP) is 4.12. The van der Waals surface area contributed by atoms with Gasteiger partial charge in [0.05, 0.1) is 25.6 Å². The van der Waals surface area contributed by atoms with Gasteiger partial charge in [0, 0.05) is 37.8 Å². The van der Waals surface area contributed by atoms with Crippen LogP contribution in [0.3, 0.4) is 0 Å². The molecule has 1 N–H and O–H groups in total. The van der Waals surface area contributed by atoms with Crippen LogP contribution >= 0.6 is 0 Å². The number of nitrogens with one attached hydrogen (secondary N) is 1. The highest BCUT2D eigenvalue weighted by molar-refractivity contribution is 7.89. The van der Waals surface area contributed by atoms with Gasteiger partial charge in [0.1, 0.15) is 16.4 Å². The highest BCUT2D eigenvalue weighted by Crippen LogP contribution is 2.33. The fraction of sp³-hybridized carbons (Fsp3) is 0.480. The lowest BCUT2D eigenvalue weighted by Gasteiger charge is -2.33. The molecule has 2 aromatic rings. The van der Waals surface area contributed by atoms with E-state index in [1.165, 1.54) is 13.2 Å². The van der Waals surface area contributed by atoms with Crippen molar-refractivity contribution in [3.8, 4) is 11.5 Å². The molecule has 2 heterocycles. The Hall–Kier alpha value is -2.78. The highest BCUT2D eigenvalue weighted by Gasteiger charge is 2.31. The van der Waals surface area contributed by atoms with Crippen LogP contribution in [0.4, 0.5) is 11.4 Å². The summed E-state index contributed by atoms with van der Waals surface area (Å²) in [5.74, 6) is 0.665. The molecule has 0 spiro atoms. The number of hydrogen-bond acceptors (Lipinski definition) is 6. The summed E-state index contributed by atoms with van der Waals surface area (Å²) < 4.78 is 39.5. The van der Waals surface area contributed by atoms with Crippen LogP contribution in [0, 0.1) is 0 Å². The summed E-state index contributed by atoms with van der Waals surface area (Å²) in [5, 5.41) is 2.84. The zero-order chi connectivity index (χ0) is 24.1. The molecule has 4 rings (SSSR count). The molecule has 8 nitrogen and oxygen atoms in total. The molecule has 0 saturated carbocycles. The fourth-order valence-electron chi connectivity index (χ4n) is 4.60. The molecule has 0 unspecified atom stereocenters.